The molecule has 6 heteroatoms. The van der Waals surface area contributed by atoms with E-state index in [0.717, 1.165) is 0 Å². The predicted octanol–water partition coefficient (Wildman–Crippen LogP) is 3.24. The van der Waals surface area contributed by atoms with Gasteiger partial charge in [-0.25, -0.2) is 4.39 Å². The van der Waals surface area contributed by atoms with Crippen molar-refractivity contribution >= 4 is 27.5 Å². The predicted molar refractivity (Wildman–Crippen MR) is 82.7 cm³/mol. The van der Waals surface area contributed by atoms with Crippen LogP contribution in [0.25, 0.3) is 0 Å². The Hall–Kier alpha value is -2.08. The van der Waals surface area contributed by atoms with Gasteiger partial charge in [0.15, 0.2) is 0 Å². The van der Waals surface area contributed by atoms with Gasteiger partial charge in [-0.15, -0.1) is 0 Å². The van der Waals surface area contributed by atoms with Gasteiger partial charge in [-0.2, -0.15) is 0 Å². The summed E-state index contributed by atoms with van der Waals surface area (Å²) < 4.78 is 18.7. The van der Waals surface area contributed by atoms with Gasteiger partial charge in [0.2, 0.25) is 5.91 Å². The van der Waals surface area contributed by atoms with Crippen molar-refractivity contribution in [2.45, 2.75) is 6.04 Å². The van der Waals surface area contributed by atoms with E-state index in [1.807, 2.05) is 0 Å². The number of hydrogen-bond donors (Lipinski definition) is 2. The first-order chi connectivity index (χ1) is 10.0. The summed E-state index contributed by atoms with van der Waals surface area (Å²) in [6.07, 6.45) is 0. The van der Waals surface area contributed by atoms with Crippen LogP contribution in [0.15, 0.2) is 46.9 Å². The molecule has 2 rings (SSSR count). The topological polar surface area (TPSA) is 64.3 Å². The summed E-state index contributed by atoms with van der Waals surface area (Å²) in [6.45, 7) is 0. The molecule has 0 saturated carbocycles. The van der Waals surface area contributed by atoms with Gasteiger partial charge < -0.3 is 15.8 Å². The summed E-state index contributed by atoms with van der Waals surface area (Å²) in [7, 11) is 1.56. The van der Waals surface area contributed by atoms with E-state index in [2.05, 4.69) is 21.2 Å². The molecule has 0 aliphatic carbocycles. The molecule has 0 aliphatic heterocycles. The maximum Gasteiger partial charge on any atom is 0.244 e. The lowest BCUT2D eigenvalue weighted by Gasteiger charge is -2.18. The molecule has 2 aromatic carbocycles. The standard InChI is InChI=1S/C15H14BrFN2O2/c1-21-11-4-2-3-10(8-11)19-14(15(18)20)9-5-6-13(17)12(16)7-9/h2-8,14,19H,1H3,(H2,18,20). The van der Waals surface area contributed by atoms with Crippen LogP contribution in [0.5, 0.6) is 5.75 Å². The summed E-state index contributed by atoms with van der Waals surface area (Å²) in [5, 5.41) is 3.02. The number of amides is 1. The van der Waals surface area contributed by atoms with Gasteiger partial charge in [0.25, 0.3) is 0 Å². The summed E-state index contributed by atoms with van der Waals surface area (Å²) in [5.41, 5.74) is 6.68. The molecule has 0 saturated heterocycles. The minimum Gasteiger partial charge on any atom is -0.497 e. The minimum atomic E-state index is -0.769. The summed E-state index contributed by atoms with van der Waals surface area (Å²) in [4.78, 5) is 11.7. The van der Waals surface area contributed by atoms with Crippen LogP contribution >= 0.6 is 15.9 Å². The Morgan fingerprint density at radius 3 is 2.71 bits per heavy atom. The highest BCUT2D eigenvalue weighted by molar-refractivity contribution is 9.10. The van der Waals surface area contributed by atoms with Crippen molar-refractivity contribution in [1.29, 1.82) is 0 Å². The Morgan fingerprint density at radius 2 is 2.10 bits per heavy atom. The van der Waals surface area contributed by atoms with Gasteiger partial charge in [-0.3, -0.25) is 4.79 Å². The number of ether oxygens (including phenoxy) is 1. The van der Waals surface area contributed by atoms with Gasteiger partial charge in [-0.05, 0) is 45.8 Å². The van der Waals surface area contributed by atoms with Crippen LogP contribution in [-0.4, -0.2) is 13.0 Å². The molecular weight excluding hydrogens is 339 g/mol. The van der Waals surface area contributed by atoms with Crippen LogP contribution in [-0.2, 0) is 4.79 Å². The van der Waals surface area contributed by atoms with Crippen LogP contribution < -0.4 is 15.8 Å². The highest BCUT2D eigenvalue weighted by Gasteiger charge is 2.19. The van der Waals surface area contributed by atoms with Crippen molar-refractivity contribution in [3.8, 4) is 5.75 Å². The zero-order valence-electron chi connectivity index (χ0n) is 11.3. The van der Waals surface area contributed by atoms with Crippen molar-refractivity contribution in [3.05, 3.63) is 58.3 Å². The number of primary amides is 1. The smallest absolute Gasteiger partial charge is 0.244 e. The highest BCUT2D eigenvalue weighted by atomic mass is 79.9. The molecule has 0 fully saturated rings. The lowest BCUT2D eigenvalue weighted by molar-refractivity contribution is -0.118. The molecule has 0 aliphatic rings. The fourth-order valence-electron chi connectivity index (χ4n) is 1.89. The van der Waals surface area contributed by atoms with Crippen LogP contribution in [0.2, 0.25) is 0 Å². The van der Waals surface area contributed by atoms with Gasteiger partial charge in [0, 0.05) is 11.8 Å². The van der Waals surface area contributed by atoms with E-state index in [1.165, 1.54) is 18.2 Å². The second-order valence-corrected chi connectivity index (χ2v) is 5.24. The van der Waals surface area contributed by atoms with Crippen molar-refractivity contribution in [3.63, 3.8) is 0 Å². The molecule has 0 heterocycles. The average Bonchev–Trinajstić information content (AvgIpc) is 2.47. The molecule has 110 valence electrons. The van der Waals surface area contributed by atoms with E-state index in [-0.39, 0.29) is 4.47 Å². The molecule has 21 heavy (non-hydrogen) atoms. The van der Waals surface area contributed by atoms with E-state index in [0.29, 0.717) is 17.0 Å². The van der Waals surface area contributed by atoms with Crippen molar-refractivity contribution in [2.75, 3.05) is 12.4 Å². The first-order valence-corrected chi connectivity index (χ1v) is 6.95. The molecule has 4 nitrogen and oxygen atoms in total. The second kappa shape index (κ2) is 6.58. The number of hydrogen-bond acceptors (Lipinski definition) is 3. The van der Waals surface area contributed by atoms with Gasteiger partial charge in [0.05, 0.1) is 11.6 Å². The third kappa shape index (κ3) is 3.72. The van der Waals surface area contributed by atoms with E-state index in [1.54, 1.807) is 31.4 Å². The summed E-state index contributed by atoms with van der Waals surface area (Å²) in [5.74, 6) is -0.303. The number of benzene rings is 2. The largest absolute Gasteiger partial charge is 0.497 e. The SMILES string of the molecule is COc1cccc(NC(C(N)=O)c2ccc(F)c(Br)c2)c1. The van der Waals surface area contributed by atoms with Crippen LogP contribution in [0.3, 0.4) is 0 Å². The first-order valence-electron chi connectivity index (χ1n) is 6.16. The first kappa shape index (κ1) is 15.3. The van der Waals surface area contributed by atoms with Gasteiger partial charge in [0.1, 0.15) is 17.6 Å². The lowest BCUT2D eigenvalue weighted by atomic mass is 10.1. The number of anilines is 1. The van der Waals surface area contributed by atoms with Gasteiger partial charge >= 0.3 is 0 Å². The molecule has 2 aromatic rings. The Balaban J connectivity index is 2.30. The average molecular weight is 353 g/mol. The molecule has 3 N–H and O–H groups in total. The Labute approximate surface area is 130 Å². The Bertz CT molecular complexity index is 664. The Kier molecular flexibility index (Phi) is 4.80. The maximum absolute atomic E-state index is 13.3. The summed E-state index contributed by atoms with van der Waals surface area (Å²) in [6, 6.07) is 10.7. The maximum atomic E-state index is 13.3. The van der Waals surface area contributed by atoms with Crippen LogP contribution in [0.4, 0.5) is 10.1 Å². The number of nitrogens with one attached hydrogen (secondary N) is 1. The normalized spacial score (nSPS) is 11.8. The van der Waals surface area contributed by atoms with E-state index in [9.17, 15) is 9.18 Å². The molecule has 1 amide bonds. The molecule has 1 unspecified atom stereocenters. The minimum absolute atomic E-state index is 0.277. The van der Waals surface area contributed by atoms with Crippen molar-refractivity contribution in [1.82, 2.24) is 0 Å². The number of carbonyl (C=O) groups excluding carboxylic acids is 1. The van der Waals surface area contributed by atoms with E-state index < -0.39 is 17.8 Å². The third-order valence-electron chi connectivity index (χ3n) is 2.94. The molecule has 0 aromatic heterocycles. The Morgan fingerprint density at radius 1 is 1.33 bits per heavy atom. The second-order valence-electron chi connectivity index (χ2n) is 4.39. The highest BCUT2D eigenvalue weighted by Crippen LogP contribution is 2.26. The molecular formula is C15H14BrFN2O2. The number of rotatable bonds is 5. The zero-order valence-corrected chi connectivity index (χ0v) is 12.9. The zero-order chi connectivity index (χ0) is 15.4. The lowest BCUT2D eigenvalue weighted by Crippen LogP contribution is -2.27. The van der Waals surface area contributed by atoms with Crippen LogP contribution in [0.1, 0.15) is 11.6 Å². The molecule has 0 spiro atoms. The van der Waals surface area contributed by atoms with Crippen LogP contribution in [0, 0.1) is 5.82 Å². The fourth-order valence-corrected chi connectivity index (χ4v) is 2.29. The molecule has 0 radical (unpaired) electrons. The fraction of sp³-hybridized carbons (Fsp3) is 0.133. The summed E-state index contributed by atoms with van der Waals surface area (Å²) >= 11 is 3.10. The molecule has 1 atom stereocenters. The number of halogens is 2. The van der Waals surface area contributed by atoms with Crippen molar-refractivity contribution < 1.29 is 13.9 Å². The number of methoxy groups -OCH3 is 1. The third-order valence-corrected chi connectivity index (χ3v) is 3.55. The quantitative estimate of drug-likeness (QED) is 0.868. The number of nitrogens with two attached hydrogens (primary N) is 1. The van der Waals surface area contributed by atoms with Crippen molar-refractivity contribution in [2.24, 2.45) is 5.73 Å². The van der Waals surface area contributed by atoms with E-state index >= 15 is 0 Å². The molecule has 0 bridgehead atoms. The van der Waals surface area contributed by atoms with E-state index in [4.69, 9.17) is 10.5 Å². The van der Waals surface area contributed by atoms with Gasteiger partial charge in [-0.1, -0.05) is 12.1 Å². The monoisotopic (exact) mass is 352 g/mol. The number of carbonyl (C=O) groups is 1.